The van der Waals surface area contributed by atoms with Gasteiger partial charge in [-0.1, -0.05) is 13.8 Å². The summed E-state index contributed by atoms with van der Waals surface area (Å²) in [5, 5.41) is 12.7. The summed E-state index contributed by atoms with van der Waals surface area (Å²) in [7, 11) is 0. The Labute approximate surface area is 169 Å². The Morgan fingerprint density at radius 1 is 1.14 bits per heavy atom. The van der Waals surface area contributed by atoms with Crippen LogP contribution in [0.5, 0.6) is 5.75 Å². The molecule has 0 saturated heterocycles. The fraction of sp³-hybridized carbons (Fsp3) is 0.500. The zero-order valence-electron chi connectivity index (χ0n) is 17.2. The van der Waals surface area contributed by atoms with E-state index in [4.69, 9.17) is 9.15 Å². The molecule has 156 valence electrons. The van der Waals surface area contributed by atoms with Gasteiger partial charge in [-0.2, -0.15) is 0 Å². The Hall–Kier alpha value is -2.83. The molecule has 1 aliphatic carbocycles. The molecule has 1 aromatic carbocycles. The Morgan fingerprint density at radius 3 is 2.41 bits per heavy atom. The number of amides is 1. The Morgan fingerprint density at radius 2 is 1.79 bits per heavy atom. The number of benzene rings is 1. The monoisotopic (exact) mass is 401 g/mol. The third kappa shape index (κ3) is 4.13. The summed E-state index contributed by atoms with van der Waals surface area (Å²) in [6.07, 6.45) is 2.71. The van der Waals surface area contributed by atoms with E-state index in [9.17, 15) is 19.5 Å². The number of rotatable bonds is 6. The number of fused-ring (bicyclic) bond motifs is 3. The Balaban J connectivity index is 1.87. The second kappa shape index (κ2) is 8.27. The van der Waals surface area contributed by atoms with Gasteiger partial charge in [0.25, 0.3) is 5.91 Å². The van der Waals surface area contributed by atoms with Crippen LogP contribution in [0.2, 0.25) is 0 Å². The van der Waals surface area contributed by atoms with Crippen LogP contribution in [0, 0.1) is 12.8 Å². The molecule has 1 heterocycles. The van der Waals surface area contributed by atoms with E-state index in [1.165, 1.54) is 0 Å². The van der Waals surface area contributed by atoms with E-state index in [0.717, 1.165) is 42.2 Å². The van der Waals surface area contributed by atoms with E-state index in [1.807, 2.05) is 6.07 Å². The van der Waals surface area contributed by atoms with Crippen LogP contribution in [-0.4, -0.2) is 29.1 Å². The first kappa shape index (κ1) is 20.9. The van der Waals surface area contributed by atoms with Crippen molar-refractivity contribution in [1.29, 1.82) is 0 Å². The number of carboxylic acids is 1. The average molecular weight is 401 g/mol. The van der Waals surface area contributed by atoms with Crippen molar-refractivity contribution in [2.45, 2.75) is 65.5 Å². The lowest BCUT2D eigenvalue weighted by Crippen LogP contribution is -2.48. The minimum Gasteiger partial charge on any atom is -0.480 e. The standard InChI is InChI=1S/C22H27NO6/c1-11(2)18(21(25)26)23-20(24)13(4)28-17-10-9-15-14-7-5-6-8-16(14)22(27)29-19(15)12(17)3/h9-11,13,18H,5-8H2,1-4H3,(H,23,24)(H,25,26)/t13-,18+/m1/s1. The van der Waals surface area contributed by atoms with Gasteiger partial charge in [0.2, 0.25) is 0 Å². The highest BCUT2D eigenvalue weighted by Crippen LogP contribution is 2.32. The van der Waals surface area contributed by atoms with Gasteiger partial charge < -0.3 is 19.6 Å². The molecule has 2 atom stereocenters. The predicted octanol–water partition coefficient (Wildman–Crippen LogP) is 2.97. The van der Waals surface area contributed by atoms with Crippen LogP contribution in [0.1, 0.15) is 50.3 Å². The van der Waals surface area contributed by atoms with Crippen LogP contribution < -0.4 is 15.7 Å². The summed E-state index contributed by atoms with van der Waals surface area (Å²) in [5.74, 6) is -1.44. The number of aliphatic carboxylic acids is 1. The van der Waals surface area contributed by atoms with Gasteiger partial charge in [-0.05, 0) is 63.1 Å². The number of nitrogens with one attached hydrogen (secondary N) is 1. The highest BCUT2D eigenvalue weighted by atomic mass is 16.5. The van der Waals surface area contributed by atoms with E-state index < -0.39 is 24.0 Å². The molecule has 2 N–H and O–H groups in total. The van der Waals surface area contributed by atoms with Crippen molar-refractivity contribution in [3.05, 3.63) is 39.2 Å². The van der Waals surface area contributed by atoms with Crippen LogP contribution in [-0.2, 0) is 22.4 Å². The molecule has 0 saturated carbocycles. The lowest BCUT2D eigenvalue weighted by atomic mass is 9.90. The molecule has 0 aliphatic heterocycles. The highest BCUT2D eigenvalue weighted by Gasteiger charge is 2.27. The van der Waals surface area contributed by atoms with Gasteiger partial charge in [-0.15, -0.1) is 0 Å². The summed E-state index contributed by atoms with van der Waals surface area (Å²) < 4.78 is 11.4. The molecular formula is C22H27NO6. The van der Waals surface area contributed by atoms with Crippen LogP contribution in [0.25, 0.3) is 11.0 Å². The normalized spacial score (nSPS) is 15.6. The zero-order chi connectivity index (χ0) is 21.3. The largest absolute Gasteiger partial charge is 0.480 e. The molecule has 1 amide bonds. The number of carbonyl (C=O) groups excluding carboxylic acids is 1. The van der Waals surface area contributed by atoms with E-state index in [2.05, 4.69) is 5.32 Å². The lowest BCUT2D eigenvalue weighted by molar-refractivity contribution is -0.144. The molecule has 7 heteroatoms. The number of hydrogen-bond donors (Lipinski definition) is 2. The maximum atomic E-state index is 12.4. The van der Waals surface area contributed by atoms with Gasteiger partial charge in [-0.25, -0.2) is 9.59 Å². The smallest absolute Gasteiger partial charge is 0.339 e. The van der Waals surface area contributed by atoms with Gasteiger partial charge in [0, 0.05) is 16.5 Å². The molecule has 1 aromatic heterocycles. The average Bonchev–Trinajstić information content (AvgIpc) is 2.68. The third-order valence-electron chi connectivity index (χ3n) is 5.49. The molecule has 7 nitrogen and oxygen atoms in total. The van der Waals surface area contributed by atoms with Crippen LogP contribution >= 0.6 is 0 Å². The van der Waals surface area contributed by atoms with Crippen LogP contribution in [0.4, 0.5) is 0 Å². The fourth-order valence-electron chi connectivity index (χ4n) is 3.78. The van der Waals surface area contributed by atoms with E-state index in [0.29, 0.717) is 16.9 Å². The van der Waals surface area contributed by atoms with Gasteiger partial charge in [-0.3, -0.25) is 4.79 Å². The topological polar surface area (TPSA) is 106 Å². The third-order valence-corrected chi connectivity index (χ3v) is 5.49. The summed E-state index contributed by atoms with van der Waals surface area (Å²) >= 11 is 0. The molecule has 0 spiro atoms. The second-order valence-corrected chi connectivity index (χ2v) is 7.95. The minimum atomic E-state index is -1.09. The number of ether oxygens (including phenoxy) is 1. The van der Waals surface area contributed by atoms with Crippen molar-refractivity contribution in [3.8, 4) is 5.75 Å². The maximum Gasteiger partial charge on any atom is 0.339 e. The summed E-state index contributed by atoms with van der Waals surface area (Å²) in [5.41, 5.74) is 2.62. The maximum absolute atomic E-state index is 12.4. The molecule has 3 rings (SSSR count). The summed E-state index contributed by atoms with van der Waals surface area (Å²) in [4.78, 5) is 36.1. The Kier molecular flexibility index (Phi) is 5.96. The molecular weight excluding hydrogens is 374 g/mol. The fourth-order valence-corrected chi connectivity index (χ4v) is 3.78. The zero-order valence-corrected chi connectivity index (χ0v) is 17.2. The number of aryl methyl sites for hydroxylation is 2. The van der Waals surface area contributed by atoms with Gasteiger partial charge in [0.1, 0.15) is 17.4 Å². The minimum absolute atomic E-state index is 0.258. The molecule has 1 aliphatic rings. The first-order chi connectivity index (χ1) is 13.7. The predicted molar refractivity (Wildman–Crippen MR) is 108 cm³/mol. The molecule has 0 fully saturated rings. The lowest BCUT2D eigenvalue weighted by Gasteiger charge is -2.22. The molecule has 0 radical (unpaired) electrons. The SMILES string of the molecule is Cc1c(O[C@H](C)C(=O)N[C@H](C(=O)O)C(C)C)ccc2c3c(c(=O)oc12)CCCC3. The van der Waals surface area contributed by atoms with Crippen molar-refractivity contribution >= 4 is 22.8 Å². The van der Waals surface area contributed by atoms with Gasteiger partial charge in [0.05, 0.1) is 0 Å². The second-order valence-electron chi connectivity index (χ2n) is 7.95. The molecule has 2 aromatic rings. The summed E-state index contributed by atoms with van der Waals surface area (Å²) in [6, 6.07) is 2.65. The first-order valence-corrected chi connectivity index (χ1v) is 9.98. The highest BCUT2D eigenvalue weighted by molar-refractivity contribution is 5.88. The Bertz CT molecular complexity index is 1010. The van der Waals surface area contributed by atoms with E-state index in [-0.39, 0.29) is 11.5 Å². The molecule has 0 bridgehead atoms. The van der Waals surface area contributed by atoms with Gasteiger partial charge >= 0.3 is 11.6 Å². The van der Waals surface area contributed by atoms with Crippen molar-refractivity contribution in [3.63, 3.8) is 0 Å². The van der Waals surface area contributed by atoms with Crippen molar-refractivity contribution in [1.82, 2.24) is 5.32 Å². The van der Waals surface area contributed by atoms with E-state index >= 15 is 0 Å². The summed E-state index contributed by atoms with van der Waals surface area (Å²) in [6.45, 7) is 6.79. The number of carbonyl (C=O) groups is 2. The van der Waals surface area contributed by atoms with Crippen molar-refractivity contribution in [2.24, 2.45) is 5.92 Å². The van der Waals surface area contributed by atoms with Crippen molar-refractivity contribution in [2.75, 3.05) is 0 Å². The van der Waals surface area contributed by atoms with Crippen molar-refractivity contribution < 1.29 is 23.8 Å². The first-order valence-electron chi connectivity index (χ1n) is 9.98. The number of hydrogen-bond acceptors (Lipinski definition) is 5. The quantitative estimate of drug-likeness (QED) is 0.721. The molecule has 0 unspecified atom stereocenters. The number of carboxylic acid groups (broad SMARTS) is 1. The van der Waals surface area contributed by atoms with Crippen LogP contribution in [0.15, 0.2) is 21.3 Å². The molecule has 29 heavy (non-hydrogen) atoms. The van der Waals surface area contributed by atoms with Crippen LogP contribution in [0.3, 0.4) is 0 Å². The van der Waals surface area contributed by atoms with Gasteiger partial charge in [0.15, 0.2) is 6.10 Å². The van der Waals surface area contributed by atoms with E-state index in [1.54, 1.807) is 33.8 Å².